The third-order valence-electron chi connectivity index (χ3n) is 4.30. The molecule has 5 nitrogen and oxygen atoms in total. The van der Waals surface area contributed by atoms with Crippen molar-refractivity contribution in [3.8, 4) is 17.3 Å². The predicted molar refractivity (Wildman–Crippen MR) is 113 cm³/mol. The minimum Gasteiger partial charge on any atom is -0.258 e. The van der Waals surface area contributed by atoms with Crippen LogP contribution in [0.3, 0.4) is 0 Å². The molecule has 6 heteroatoms. The lowest BCUT2D eigenvalue weighted by Crippen LogP contribution is -2.10. The van der Waals surface area contributed by atoms with E-state index in [1.54, 1.807) is 12.1 Å². The Hall–Kier alpha value is -3.30. The third-order valence-corrected chi connectivity index (χ3v) is 5.17. The highest BCUT2D eigenvalue weighted by Crippen LogP contribution is 2.29. The van der Waals surface area contributed by atoms with Gasteiger partial charge in [-0.25, -0.2) is 4.98 Å². The summed E-state index contributed by atoms with van der Waals surface area (Å²) in [5.74, 6) is 0. The van der Waals surface area contributed by atoms with Crippen molar-refractivity contribution in [3.05, 3.63) is 80.2 Å². The summed E-state index contributed by atoms with van der Waals surface area (Å²) in [5, 5.41) is 22.9. The van der Waals surface area contributed by atoms with Crippen molar-refractivity contribution in [2.45, 2.75) is 26.2 Å². The van der Waals surface area contributed by atoms with E-state index in [0.717, 1.165) is 5.56 Å². The van der Waals surface area contributed by atoms with Gasteiger partial charge >= 0.3 is 0 Å². The first-order chi connectivity index (χ1) is 13.3. The molecule has 0 bridgehead atoms. The topological polar surface area (TPSA) is 79.8 Å². The van der Waals surface area contributed by atoms with E-state index in [1.165, 1.54) is 29.0 Å². The molecule has 2 aromatic carbocycles. The highest BCUT2D eigenvalue weighted by atomic mass is 32.1. The normalized spacial score (nSPS) is 11.9. The molecular weight excluding hydrogens is 370 g/mol. The maximum absolute atomic E-state index is 11.0. The summed E-state index contributed by atoms with van der Waals surface area (Å²) in [7, 11) is 0. The first kappa shape index (κ1) is 19.5. The Bertz CT molecular complexity index is 1080. The fourth-order valence-corrected chi connectivity index (χ4v) is 3.49. The average molecular weight is 389 g/mol. The van der Waals surface area contributed by atoms with Crippen molar-refractivity contribution in [1.82, 2.24) is 4.98 Å². The number of nitriles is 1. The smallest absolute Gasteiger partial charge is 0.258 e. The van der Waals surface area contributed by atoms with E-state index in [4.69, 9.17) is 0 Å². The number of benzene rings is 2. The van der Waals surface area contributed by atoms with Crippen LogP contribution in [0.25, 0.3) is 22.9 Å². The van der Waals surface area contributed by atoms with Crippen LogP contribution in [0, 0.1) is 21.4 Å². The van der Waals surface area contributed by atoms with Crippen molar-refractivity contribution >= 4 is 28.7 Å². The maximum atomic E-state index is 11.0. The number of nitrogens with zero attached hydrogens (tertiary/aromatic N) is 3. The zero-order valence-corrected chi connectivity index (χ0v) is 16.7. The van der Waals surface area contributed by atoms with Crippen molar-refractivity contribution in [2.24, 2.45) is 0 Å². The van der Waals surface area contributed by atoms with E-state index in [-0.39, 0.29) is 11.1 Å². The van der Waals surface area contributed by atoms with Crippen molar-refractivity contribution in [2.75, 3.05) is 0 Å². The van der Waals surface area contributed by atoms with E-state index in [2.05, 4.69) is 44.0 Å². The summed E-state index contributed by atoms with van der Waals surface area (Å²) in [5.41, 5.74) is 3.98. The molecule has 0 aliphatic carbocycles. The molecule has 0 unspecified atom stereocenters. The van der Waals surface area contributed by atoms with Crippen LogP contribution in [0.5, 0.6) is 0 Å². The number of nitro groups is 1. The first-order valence-corrected chi connectivity index (χ1v) is 9.59. The zero-order valence-electron chi connectivity index (χ0n) is 15.8. The molecule has 3 aromatic rings. The van der Waals surface area contributed by atoms with Crippen LogP contribution in [0.2, 0.25) is 0 Å². The Balaban J connectivity index is 1.90. The highest BCUT2D eigenvalue weighted by Gasteiger charge is 2.14. The lowest BCUT2D eigenvalue weighted by atomic mass is 9.86. The van der Waals surface area contributed by atoms with Gasteiger partial charge in [-0.15, -0.1) is 11.3 Å². The Morgan fingerprint density at radius 2 is 1.93 bits per heavy atom. The van der Waals surface area contributed by atoms with Gasteiger partial charge in [0.15, 0.2) is 0 Å². The van der Waals surface area contributed by atoms with Crippen LogP contribution in [0.4, 0.5) is 5.69 Å². The minimum atomic E-state index is -0.432. The number of non-ortho nitro benzene ring substituents is 1. The lowest BCUT2D eigenvalue weighted by molar-refractivity contribution is -0.384. The summed E-state index contributed by atoms with van der Waals surface area (Å²) in [6.45, 7) is 6.47. The number of hydrogen-bond donors (Lipinski definition) is 0. The standard InChI is InChI=1S/C22H19N3O2S/c1-22(2,3)18-9-7-15(8-10-18)11-17(13-23)21-24-20(14-28-21)16-5-4-6-19(12-16)25(26)27/h4-12,14H,1-3H3/b17-11+. The van der Waals surface area contributed by atoms with Gasteiger partial charge in [0, 0.05) is 23.1 Å². The zero-order chi connectivity index (χ0) is 20.3. The van der Waals surface area contributed by atoms with Gasteiger partial charge < -0.3 is 0 Å². The molecule has 0 amide bonds. The fourth-order valence-electron chi connectivity index (χ4n) is 2.70. The number of allylic oxidation sites excluding steroid dienone is 1. The van der Waals surface area contributed by atoms with E-state index in [9.17, 15) is 15.4 Å². The monoisotopic (exact) mass is 389 g/mol. The largest absolute Gasteiger partial charge is 0.270 e. The summed E-state index contributed by atoms with van der Waals surface area (Å²) in [4.78, 5) is 15.0. The molecule has 0 saturated heterocycles. The number of thiazole rings is 1. The molecule has 1 heterocycles. The first-order valence-electron chi connectivity index (χ1n) is 8.71. The molecule has 140 valence electrons. The molecule has 0 saturated carbocycles. The Morgan fingerprint density at radius 1 is 1.21 bits per heavy atom. The molecule has 0 atom stereocenters. The maximum Gasteiger partial charge on any atom is 0.270 e. The van der Waals surface area contributed by atoms with Crippen LogP contribution in [0.15, 0.2) is 53.9 Å². The SMILES string of the molecule is CC(C)(C)c1ccc(/C=C(\C#N)c2nc(-c3cccc([N+](=O)[O-])c3)cs2)cc1. The van der Waals surface area contributed by atoms with Gasteiger partial charge in [-0.3, -0.25) is 10.1 Å². The molecular formula is C22H19N3O2S. The van der Waals surface area contributed by atoms with Gasteiger partial charge in [0.25, 0.3) is 5.69 Å². The van der Waals surface area contributed by atoms with Gasteiger partial charge in [-0.2, -0.15) is 5.26 Å². The molecule has 3 rings (SSSR count). The second-order valence-corrected chi connectivity index (χ2v) is 8.25. The Labute approximate surface area is 167 Å². The molecule has 0 aliphatic heterocycles. The predicted octanol–water partition coefficient (Wildman–Crippen LogP) is 6.08. The van der Waals surface area contributed by atoms with Crippen molar-refractivity contribution in [3.63, 3.8) is 0 Å². The van der Waals surface area contributed by atoms with Crippen LogP contribution >= 0.6 is 11.3 Å². The van der Waals surface area contributed by atoms with Gasteiger partial charge in [0.1, 0.15) is 11.1 Å². The molecule has 1 aromatic heterocycles. The minimum absolute atomic E-state index is 0.0158. The van der Waals surface area contributed by atoms with Crippen molar-refractivity contribution in [1.29, 1.82) is 5.26 Å². The molecule has 0 aliphatic rings. The third kappa shape index (κ3) is 4.33. The number of hydrogen-bond acceptors (Lipinski definition) is 5. The summed E-state index contributed by atoms with van der Waals surface area (Å²) >= 11 is 1.35. The molecule has 0 spiro atoms. The van der Waals surface area contributed by atoms with Gasteiger partial charge in [-0.1, -0.05) is 57.2 Å². The molecule has 0 radical (unpaired) electrons. The number of rotatable bonds is 4. The van der Waals surface area contributed by atoms with E-state index in [0.29, 0.717) is 21.8 Å². The van der Waals surface area contributed by atoms with Gasteiger partial charge in [0.05, 0.1) is 16.2 Å². The summed E-state index contributed by atoms with van der Waals surface area (Å²) < 4.78 is 0. The summed E-state index contributed by atoms with van der Waals surface area (Å²) in [6.07, 6.45) is 1.81. The van der Waals surface area contributed by atoms with Crippen LogP contribution in [-0.4, -0.2) is 9.91 Å². The molecule has 0 N–H and O–H groups in total. The van der Waals surface area contributed by atoms with E-state index < -0.39 is 4.92 Å². The Kier molecular flexibility index (Phi) is 5.39. The van der Waals surface area contributed by atoms with Gasteiger partial charge in [0.2, 0.25) is 0 Å². The summed E-state index contributed by atoms with van der Waals surface area (Å²) in [6, 6.07) is 16.7. The van der Waals surface area contributed by atoms with E-state index in [1.807, 2.05) is 23.6 Å². The van der Waals surface area contributed by atoms with Crippen LogP contribution < -0.4 is 0 Å². The lowest BCUT2D eigenvalue weighted by Gasteiger charge is -2.18. The highest BCUT2D eigenvalue weighted by molar-refractivity contribution is 7.11. The van der Waals surface area contributed by atoms with E-state index >= 15 is 0 Å². The second-order valence-electron chi connectivity index (χ2n) is 7.39. The van der Waals surface area contributed by atoms with Gasteiger partial charge in [-0.05, 0) is 22.6 Å². The number of aromatic nitrogens is 1. The number of nitro benzene ring substituents is 1. The average Bonchev–Trinajstić information content (AvgIpc) is 3.16. The fraction of sp³-hybridized carbons (Fsp3) is 0.182. The quantitative estimate of drug-likeness (QED) is 0.308. The van der Waals surface area contributed by atoms with Crippen LogP contribution in [0.1, 0.15) is 36.9 Å². The molecule has 0 fully saturated rings. The van der Waals surface area contributed by atoms with Crippen molar-refractivity contribution < 1.29 is 4.92 Å². The molecule has 28 heavy (non-hydrogen) atoms. The second kappa shape index (κ2) is 7.75. The Morgan fingerprint density at radius 3 is 2.54 bits per heavy atom. The van der Waals surface area contributed by atoms with Crippen LogP contribution in [-0.2, 0) is 5.41 Å².